The van der Waals surface area contributed by atoms with Gasteiger partial charge in [-0.15, -0.1) is 0 Å². The van der Waals surface area contributed by atoms with E-state index in [-0.39, 0.29) is 0 Å². The fraction of sp³-hybridized carbons (Fsp3) is 0. The normalized spacial score (nSPS) is 11.9. The highest BCUT2D eigenvalue weighted by Crippen LogP contribution is 2.42. The van der Waals surface area contributed by atoms with Gasteiger partial charge < -0.3 is 18.3 Å². The summed E-state index contributed by atoms with van der Waals surface area (Å²) >= 11 is 0. The lowest BCUT2D eigenvalue weighted by molar-refractivity contribution is 1.12. The average molecular weight is 969 g/mol. The van der Waals surface area contributed by atoms with E-state index in [9.17, 15) is 0 Å². The van der Waals surface area contributed by atoms with E-state index in [2.05, 4.69) is 285 Å². The number of benzene rings is 11. The number of fused-ring (bicyclic) bond motifs is 12. The quantitative estimate of drug-likeness (QED) is 0.160. The van der Waals surface area contributed by atoms with Crippen molar-refractivity contribution in [2.45, 2.75) is 0 Å². The summed E-state index contributed by atoms with van der Waals surface area (Å²) in [7, 11) is 0. The van der Waals surface area contributed by atoms with Crippen LogP contribution in [-0.2, 0) is 0 Å². The van der Waals surface area contributed by atoms with Crippen LogP contribution in [0, 0.1) is 0 Å². The van der Waals surface area contributed by atoms with E-state index in [1.54, 1.807) is 0 Å². The van der Waals surface area contributed by atoms with Gasteiger partial charge in [0.15, 0.2) is 5.82 Å². The van der Waals surface area contributed by atoms with Gasteiger partial charge >= 0.3 is 0 Å². The van der Waals surface area contributed by atoms with Gasteiger partial charge in [0.25, 0.3) is 0 Å². The second kappa shape index (κ2) is 16.6. The van der Waals surface area contributed by atoms with Crippen LogP contribution in [0.1, 0.15) is 0 Å². The molecule has 0 unspecified atom stereocenters. The number of hydrogen-bond acceptors (Lipinski definition) is 2. The molecule has 0 aliphatic carbocycles. The largest absolute Gasteiger partial charge is 0.309 e. The first-order chi connectivity index (χ1) is 37.7. The van der Waals surface area contributed by atoms with Crippen molar-refractivity contribution in [2.75, 3.05) is 0 Å². The molecule has 0 aliphatic heterocycles. The van der Waals surface area contributed by atoms with Crippen LogP contribution in [0.4, 0.5) is 0 Å². The first kappa shape index (κ1) is 42.2. The Balaban J connectivity index is 0.967. The molecule has 16 aromatic rings. The first-order valence-corrected chi connectivity index (χ1v) is 25.9. The third-order valence-corrected chi connectivity index (χ3v) is 15.5. The highest BCUT2D eigenvalue weighted by molar-refractivity contribution is 6.14. The van der Waals surface area contributed by atoms with Gasteiger partial charge in [0.2, 0.25) is 0 Å². The smallest absolute Gasteiger partial charge is 0.160 e. The van der Waals surface area contributed by atoms with Gasteiger partial charge in [-0.3, -0.25) is 0 Å². The van der Waals surface area contributed by atoms with E-state index in [1.165, 1.54) is 65.2 Å². The summed E-state index contributed by atoms with van der Waals surface area (Å²) in [5.41, 5.74) is 18.1. The molecule has 11 aromatic carbocycles. The van der Waals surface area contributed by atoms with Crippen molar-refractivity contribution >= 4 is 87.2 Å². The van der Waals surface area contributed by atoms with Crippen molar-refractivity contribution in [1.29, 1.82) is 0 Å². The minimum absolute atomic E-state index is 0.646. The fourth-order valence-corrected chi connectivity index (χ4v) is 12.2. The molecule has 6 nitrogen and oxygen atoms in total. The zero-order chi connectivity index (χ0) is 49.8. The monoisotopic (exact) mass is 968 g/mol. The molecule has 0 saturated heterocycles. The molecule has 0 fully saturated rings. The second-order valence-electron chi connectivity index (χ2n) is 19.8. The minimum Gasteiger partial charge on any atom is -0.309 e. The molecule has 0 aliphatic rings. The van der Waals surface area contributed by atoms with Crippen molar-refractivity contribution in [1.82, 2.24) is 28.2 Å². The van der Waals surface area contributed by atoms with Crippen molar-refractivity contribution in [2.24, 2.45) is 0 Å². The van der Waals surface area contributed by atoms with E-state index in [0.717, 1.165) is 72.9 Å². The predicted octanol–water partition coefficient (Wildman–Crippen LogP) is 17.9. The van der Waals surface area contributed by atoms with Gasteiger partial charge in [-0.2, -0.15) is 0 Å². The van der Waals surface area contributed by atoms with Gasteiger partial charge in [0, 0.05) is 82.5 Å². The molecule has 0 spiro atoms. The standard InChI is InChI=1S/C70H44N6/c1-3-19-45(20-4-1)60-44-61(46-21-5-2-6-22-46)72-70(71-60)47-39-50(75-66-33-17-11-27-56(66)58-42-48(35-37-68(58)75)73-62-29-13-7-23-52(62)53-24-8-14-30-63(53)73)41-51(40-47)76-67-34-18-12-28-57(67)59-43-49(36-38-69(59)76)74-64-31-15-9-25-54(64)55-26-10-16-32-65(55)74/h1-44H. The molecule has 5 heterocycles. The SMILES string of the molecule is c1ccc(-c2cc(-c3ccccc3)nc(-c3cc(-n4c5ccccc5c5cc(-n6c7ccccc7c7ccccc76)ccc54)cc(-n4c5ccccc5c5cc(-n6c7ccccc7c7ccccc76)ccc54)c3)n2)cc1. The zero-order valence-corrected chi connectivity index (χ0v) is 41.1. The molecule has 0 saturated carbocycles. The van der Waals surface area contributed by atoms with Crippen LogP contribution in [0.25, 0.3) is 144 Å². The fourth-order valence-electron chi connectivity index (χ4n) is 12.2. The maximum Gasteiger partial charge on any atom is 0.160 e. The van der Waals surface area contributed by atoms with Crippen LogP contribution in [0.5, 0.6) is 0 Å². The highest BCUT2D eigenvalue weighted by atomic mass is 15.0. The third kappa shape index (κ3) is 6.41. The van der Waals surface area contributed by atoms with Crippen LogP contribution < -0.4 is 0 Å². The van der Waals surface area contributed by atoms with E-state index < -0.39 is 0 Å². The molecule has 5 aromatic heterocycles. The van der Waals surface area contributed by atoms with E-state index in [0.29, 0.717) is 5.82 Å². The van der Waals surface area contributed by atoms with E-state index in [4.69, 9.17) is 9.97 Å². The maximum atomic E-state index is 5.44. The van der Waals surface area contributed by atoms with Gasteiger partial charge in [0.1, 0.15) is 0 Å². The second-order valence-corrected chi connectivity index (χ2v) is 19.8. The van der Waals surface area contributed by atoms with Crippen LogP contribution in [-0.4, -0.2) is 28.2 Å². The molecule has 0 atom stereocenters. The summed E-state index contributed by atoms with van der Waals surface area (Å²) in [5, 5.41) is 9.67. The van der Waals surface area contributed by atoms with Crippen LogP contribution >= 0.6 is 0 Å². The Morgan fingerprint density at radius 2 is 0.487 bits per heavy atom. The molecule has 16 rings (SSSR count). The van der Waals surface area contributed by atoms with Crippen molar-refractivity contribution in [3.05, 3.63) is 267 Å². The van der Waals surface area contributed by atoms with Crippen molar-refractivity contribution in [3.8, 4) is 56.7 Å². The van der Waals surface area contributed by atoms with Crippen molar-refractivity contribution < 1.29 is 0 Å². The minimum atomic E-state index is 0.646. The Bertz CT molecular complexity index is 4580. The third-order valence-electron chi connectivity index (χ3n) is 15.5. The Morgan fingerprint density at radius 1 is 0.197 bits per heavy atom. The summed E-state index contributed by atoms with van der Waals surface area (Å²) in [4.78, 5) is 10.9. The van der Waals surface area contributed by atoms with Crippen LogP contribution in [0.2, 0.25) is 0 Å². The predicted molar refractivity (Wildman–Crippen MR) is 316 cm³/mol. The molecule has 0 radical (unpaired) electrons. The van der Waals surface area contributed by atoms with Gasteiger partial charge in [0.05, 0.1) is 55.5 Å². The zero-order valence-electron chi connectivity index (χ0n) is 41.1. The summed E-state index contributed by atoms with van der Waals surface area (Å²) in [5.74, 6) is 0.646. The summed E-state index contributed by atoms with van der Waals surface area (Å²) in [6, 6.07) is 96.4. The number of hydrogen-bond donors (Lipinski definition) is 0. The van der Waals surface area contributed by atoms with Gasteiger partial charge in [-0.25, -0.2) is 9.97 Å². The molecule has 0 N–H and O–H groups in total. The average Bonchev–Trinajstić information content (AvgIpc) is 4.36. The molecule has 0 bridgehead atoms. The molecule has 354 valence electrons. The van der Waals surface area contributed by atoms with E-state index in [1.807, 2.05) is 0 Å². The molecular weight excluding hydrogens is 925 g/mol. The topological polar surface area (TPSA) is 45.5 Å². The van der Waals surface area contributed by atoms with Crippen molar-refractivity contribution in [3.63, 3.8) is 0 Å². The molecule has 0 amide bonds. The summed E-state index contributed by atoms with van der Waals surface area (Å²) < 4.78 is 9.68. The molecule has 6 heteroatoms. The number of para-hydroxylation sites is 6. The first-order valence-electron chi connectivity index (χ1n) is 25.9. The Morgan fingerprint density at radius 3 is 0.842 bits per heavy atom. The lowest BCUT2D eigenvalue weighted by Crippen LogP contribution is -2.02. The summed E-state index contributed by atoms with van der Waals surface area (Å²) in [6.45, 7) is 0. The molecular formula is C70H44N6. The Labute approximate surface area is 436 Å². The molecule has 76 heavy (non-hydrogen) atoms. The Kier molecular flexibility index (Phi) is 9.23. The van der Waals surface area contributed by atoms with Crippen LogP contribution in [0.3, 0.4) is 0 Å². The van der Waals surface area contributed by atoms with Gasteiger partial charge in [-0.05, 0) is 97.1 Å². The highest BCUT2D eigenvalue weighted by Gasteiger charge is 2.22. The maximum absolute atomic E-state index is 5.44. The lowest BCUT2D eigenvalue weighted by atomic mass is 10.1. The number of nitrogens with zero attached hydrogens (tertiary/aromatic N) is 6. The number of aromatic nitrogens is 6. The van der Waals surface area contributed by atoms with E-state index >= 15 is 0 Å². The van der Waals surface area contributed by atoms with Gasteiger partial charge in [-0.1, -0.05) is 170 Å². The van der Waals surface area contributed by atoms with Crippen LogP contribution in [0.15, 0.2) is 267 Å². The Hall–Kier alpha value is -10.3. The summed E-state index contributed by atoms with van der Waals surface area (Å²) in [6.07, 6.45) is 0. The lowest BCUT2D eigenvalue weighted by Gasteiger charge is -2.16. The number of rotatable bonds is 7.